The predicted molar refractivity (Wildman–Crippen MR) is 79.3 cm³/mol. The number of amides is 1. The molecule has 1 aromatic carbocycles. The Morgan fingerprint density at radius 3 is 2.86 bits per heavy atom. The lowest BCUT2D eigenvalue weighted by Crippen LogP contribution is -2.47. The molecule has 114 valence electrons. The van der Waals surface area contributed by atoms with Crippen molar-refractivity contribution in [1.82, 2.24) is 10.2 Å². The van der Waals surface area contributed by atoms with Crippen molar-refractivity contribution in [3.05, 3.63) is 29.8 Å². The summed E-state index contributed by atoms with van der Waals surface area (Å²) in [5.41, 5.74) is 0.965. The fraction of sp³-hybridized carbons (Fsp3) is 0.562. The third kappa shape index (κ3) is 2.83. The van der Waals surface area contributed by atoms with E-state index in [0.717, 1.165) is 43.7 Å². The average Bonchev–Trinajstić information content (AvgIpc) is 2.70. The maximum atomic E-state index is 12.1. The van der Waals surface area contributed by atoms with E-state index < -0.39 is 0 Å². The number of hydrogen-bond donors (Lipinski definition) is 1. The fourth-order valence-corrected chi connectivity index (χ4v) is 3.22. The summed E-state index contributed by atoms with van der Waals surface area (Å²) in [6.07, 6.45) is 2.85. The van der Waals surface area contributed by atoms with Gasteiger partial charge in [0, 0.05) is 6.54 Å². The van der Waals surface area contributed by atoms with Gasteiger partial charge >= 0.3 is 6.09 Å². The molecule has 1 amide bonds. The van der Waals surface area contributed by atoms with Gasteiger partial charge in [-0.05, 0) is 50.0 Å². The van der Waals surface area contributed by atoms with Crippen LogP contribution in [0.4, 0.5) is 4.79 Å². The molecule has 0 aliphatic carbocycles. The van der Waals surface area contributed by atoms with Crippen molar-refractivity contribution in [2.75, 3.05) is 26.8 Å². The van der Waals surface area contributed by atoms with Gasteiger partial charge in [0.05, 0.1) is 12.6 Å². The summed E-state index contributed by atoms with van der Waals surface area (Å²) in [4.78, 5) is 14.1. The highest BCUT2D eigenvalue weighted by Gasteiger charge is 2.46. The molecular weight excluding hydrogens is 268 g/mol. The number of nitrogens with zero attached hydrogens (tertiary/aromatic N) is 1. The van der Waals surface area contributed by atoms with Crippen molar-refractivity contribution in [2.45, 2.75) is 31.3 Å². The Morgan fingerprint density at radius 1 is 1.29 bits per heavy atom. The van der Waals surface area contributed by atoms with E-state index in [-0.39, 0.29) is 11.6 Å². The number of carbonyl (C=O) groups is 1. The molecule has 2 aliphatic heterocycles. The van der Waals surface area contributed by atoms with E-state index >= 15 is 0 Å². The Kier molecular flexibility index (Phi) is 4.01. The first-order valence-corrected chi connectivity index (χ1v) is 7.52. The van der Waals surface area contributed by atoms with Gasteiger partial charge in [-0.15, -0.1) is 0 Å². The number of methoxy groups -OCH3 is 1. The number of hydrogen-bond acceptors (Lipinski definition) is 4. The number of ether oxygens (including phenoxy) is 2. The second-order valence-electron chi connectivity index (χ2n) is 5.82. The molecule has 2 fully saturated rings. The minimum Gasteiger partial charge on any atom is -0.497 e. The van der Waals surface area contributed by atoms with Crippen LogP contribution in [-0.2, 0) is 11.3 Å². The standard InChI is InChI=1S/C16H22N2O3/c1-20-14-5-3-13(4-6-14)11-18-15(19)21-12-16(18)7-2-9-17-10-8-16/h3-6,17H,2,7-12H2,1H3. The molecule has 2 aliphatic rings. The molecule has 1 N–H and O–H groups in total. The van der Waals surface area contributed by atoms with Gasteiger partial charge in [-0.2, -0.15) is 0 Å². The molecule has 5 heteroatoms. The summed E-state index contributed by atoms with van der Waals surface area (Å²) in [6, 6.07) is 7.87. The topological polar surface area (TPSA) is 50.8 Å². The highest BCUT2D eigenvalue weighted by Crippen LogP contribution is 2.34. The third-order valence-electron chi connectivity index (χ3n) is 4.52. The average molecular weight is 290 g/mol. The second-order valence-corrected chi connectivity index (χ2v) is 5.82. The SMILES string of the molecule is COc1ccc(CN2C(=O)OCC23CCCNCC3)cc1. The van der Waals surface area contributed by atoms with Crippen LogP contribution in [0.25, 0.3) is 0 Å². The lowest BCUT2D eigenvalue weighted by atomic mass is 9.90. The highest BCUT2D eigenvalue weighted by atomic mass is 16.6. The fourth-order valence-electron chi connectivity index (χ4n) is 3.22. The molecule has 3 rings (SSSR count). The maximum absolute atomic E-state index is 12.1. The number of cyclic esters (lactones) is 1. The third-order valence-corrected chi connectivity index (χ3v) is 4.52. The van der Waals surface area contributed by atoms with Crippen molar-refractivity contribution < 1.29 is 14.3 Å². The molecule has 1 aromatic rings. The van der Waals surface area contributed by atoms with Crippen LogP contribution in [0.5, 0.6) is 5.75 Å². The molecule has 2 saturated heterocycles. The quantitative estimate of drug-likeness (QED) is 0.927. The number of rotatable bonds is 3. The van der Waals surface area contributed by atoms with E-state index in [2.05, 4.69) is 5.32 Å². The van der Waals surface area contributed by atoms with Crippen molar-refractivity contribution >= 4 is 6.09 Å². The van der Waals surface area contributed by atoms with Crippen molar-refractivity contribution in [1.29, 1.82) is 0 Å². The van der Waals surface area contributed by atoms with Crippen LogP contribution < -0.4 is 10.1 Å². The largest absolute Gasteiger partial charge is 0.497 e. The van der Waals surface area contributed by atoms with E-state index in [1.54, 1.807) is 7.11 Å². The zero-order valence-electron chi connectivity index (χ0n) is 12.4. The first-order chi connectivity index (χ1) is 10.2. The Morgan fingerprint density at radius 2 is 2.10 bits per heavy atom. The smallest absolute Gasteiger partial charge is 0.410 e. The van der Waals surface area contributed by atoms with Gasteiger partial charge in [-0.3, -0.25) is 4.90 Å². The van der Waals surface area contributed by atoms with Gasteiger partial charge in [0.1, 0.15) is 12.4 Å². The predicted octanol–water partition coefficient (Wildman–Crippen LogP) is 2.16. The molecule has 2 heterocycles. The summed E-state index contributed by atoms with van der Waals surface area (Å²) in [5, 5.41) is 3.40. The van der Waals surface area contributed by atoms with Gasteiger partial charge in [-0.25, -0.2) is 4.79 Å². The van der Waals surface area contributed by atoms with E-state index in [4.69, 9.17) is 9.47 Å². The Hall–Kier alpha value is -1.75. The zero-order valence-corrected chi connectivity index (χ0v) is 12.4. The molecule has 5 nitrogen and oxygen atoms in total. The summed E-state index contributed by atoms with van der Waals surface area (Å²) >= 11 is 0. The molecule has 0 saturated carbocycles. The first kappa shape index (κ1) is 14.2. The maximum Gasteiger partial charge on any atom is 0.410 e. The number of carbonyl (C=O) groups excluding carboxylic acids is 1. The van der Waals surface area contributed by atoms with E-state index in [1.165, 1.54) is 0 Å². The lowest BCUT2D eigenvalue weighted by Gasteiger charge is -2.34. The zero-order chi connectivity index (χ0) is 14.7. The van der Waals surface area contributed by atoms with Crippen LogP contribution in [0, 0.1) is 0 Å². The van der Waals surface area contributed by atoms with E-state index in [9.17, 15) is 4.79 Å². The monoisotopic (exact) mass is 290 g/mol. The first-order valence-electron chi connectivity index (χ1n) is 7.52. The van der Waals surface area contributed by atoms with E-state index in [1.807, 2.05) is 29.2 Å². The Bertz CT molecular complexity index is 493. The molecule has 1 spiro atoms. The minimum absolute atomic E-state index is 0.138. The van der Waals surface area contributed by atoms with Crippen LogP contribution >= 0.6 is 0 Å². The summed E-state index contributed by atoms with van der Waals surface area (Å²) in [7, 11) is 1.65. The number of benzene rings is 1. The van der Waals surface area contributed by atoms with Gasteiger partial charge in [0.2, 0.25) is 0 Å². The van der Waals surface area contributed by atoms with Crippen molar-refractivity contribution in [3.63, 3.8) is 0 Å². The Labute approximate surface area is 125 Å². The van der Waals surface area contributed by atoms with Crippen LogP contribution in [0.2, 0.25) is 0 Å². The van der Waals surface area contributed by atoms with Crippen LogP contribution in [0.3, 0.4) is 0 Å². The van der Waals surface area contributed by atoms with Crippen LogP contribution in [-0.4, -0.2) is 43.3 Å². The molecule has 1 atom stereocenters. The van der Waals surface area contributed by atoms with Gasteiger partial charge in [0.15, 0.2) is 0 Å². The number of nitrogens with one attached hydrogen (secondary N) is 1. The molecule has 1 unspecified atom stereocenters. The normalized spacial score (nSPS) is 25.8. The lowest BCUT2D eigenvalue weighted by molar-refractivity contribution is 0.137. The highest BCUT2D eigenvalue weighted by molar-refractivity contribution is 5.71. The van der Waals surface area contributed by atoms with Crippen LogP contribution in [0.15, 0.2) is 24.3 Å². The molecule has 21 heavy (non-hydrogen) atoms. The van der Waals surface area contributed by atoms with E-state index in [0.29, 0.717) is 13.2 Å². The second kappa shape index (κ2) is 5.93. The molecule has 0 bridgehead atoms. The summed E-state index contributed by atoms with van der Waals surface area (Å²) in [6.45, 7) is 3.08. The molecule has 0 aromatic heterocycles. The summed E-state index contributed by atoms with van der Waals surface area (Å²) in [5.74, 6) is 0.830. The van der Waals surface area contributed by atoms with Gasteiger partial charge in [-0.1, -0.05) is 12.1 Å². The Balaban J connectivity index is 1.78. The van der Waals surface area contributed by atoms with Crippen molar-refractivity contribution in [3.8, 4) is 5.75 Å². The molecule has 0 radical (unpaired) electrons. The molecular formula is C16H22N2O3. The van der Waals surface area contributed by atoms with Crippen molar-refractivity contribution in [2.24, 2.45) is 0 Å². The van der Waals surface area contributed by atoms with Gasteiger partial charge < -0.3 is 14.8 Å². The minimum atomic E-state index is -0.187. The van der Waals surface area contributed by atoms with Gasteiger partial charge in [0.25, 0.3) is 0 Å². The summed E-state index contributed by atoms with van der Waals surface area (Å²) < 4.78 is 10.5. The van der Waals surface area contributed by atoms with Crippen LogP contribution in [0.1, 0.15) is 24.8 Å².